The number of rotatable bonds is 5. The lowest BCUT2D eigenvalue weighted by atomic mass is 10.0. The number of pyridine rings is 2. The first-order chi connectivity index (χ1) is 14.3. The van der Waals surface area contributed by atoms with Crippen LogP contribution in [-0.2, 0) is 6.54 Å². The molecule has 4 rings (SSSR count). The predicted octanol–water partition coefficient (Wildman–Crippen LogP) is 2.93. The molecule has 0 aliphatic rings. The van der Waals surface area contributed by atoms with E-state index in [1.54, 1.807) is 48.5 Å². The SMILES string of the molecule is CN(CCO)c1ncccc1-c1ccc2c3[nH]ncc3c(=O)n(CC(F)(F)F)c2c1. The quantitative estimate of drug-likeness (QED) is 0.522. The minimum Gasteiger partial charge on any atom is -0.395 e. The molecular weight excluding hydrogens is 399 g/mol. The second kappa shape index (κ2) is 7.45. The number of hydrogen-bond donors (Lipinski definition) is 2. The number of aromatic nitrogens is 4. The van der Waals surface area contributed by atoms with E-state index in [1.165, 1.54) is 6.20 Å². The van der Waals surface area contributed by atoms with Crippen molar-refractivity contribution in [2.24, 2.45) is 0 Å². The zero-order valence-corrected chi connectivity index (χ0v) is 15.9. The molecule has 0 aliphatic heterocycles. The van der Waals surface area contributed by atoms with Crippen molar-refractivity contribution in [2.75, 3.05) is 25.1 Å². The smallest absolute Gasteiger partial charge is 0.395 e. The fraction of sp³-hybridized carbons (Fsp3) is 0.250. The molecule has 3 heterocycles. The molecule has 0 spiro atoms. The van der Waals surface area contributed by atoms with Crippen molar-refractivity contribution in [3.05, 3.63) is 53.1 Å². The lowest BCUT2D eigenvalue weighted by molar-refractivity contribution is -0.140. The molecule has 0 aliphatic carbocycles. The summed E-state index contributed by atoms with van der Waals surface area (Å²) in [4.78, 5) is 18.8. The third-order valence-electron chi connectivity index (χ3n) is 4.90. The van der Waals surface area contributed by atoms with E-state index in [9.17, 15) is 23.1 Å². The van der Waals surface area contributed by atoms with Crippen molar-refractivity contribution in [1.82, 2.24) is 19.7 Å². The van der Waals surface area contributed by atoms with Gasteiger partial charge in [-0.2, -0.15) is 18.3 Å². The molecule has 0 atom stereocenters. The van der Waals surface area contributed by atoms with Crippen molar-refractivity contribution in [1.29, 1.82) is 0 Å². The van der Waals surface area contributed by atoms with Crippen LogP contribution in [0.2, 0.25) is 0 Å². The van der Waals surface area contributed by atoms with Gasteiger partial charge in [-0.3, -0.25) is 14.5 Å². The maximum Gasteiger partial charge on any atom is 0.406 e. The molecule has 0 saturated carbocycles. The Kier molecular flexibility index (Phi) is 4.94. The van der Waals surface area contributed by atoms with Gasteiger partial charge in [-0.15, -0.1) is 0 Å². The fourth-order valence-corrected chi connectivity index (χ4v) is 3.56. The third kappa shape index (κ3) is 3.50. The number of anilines is 1. The van der Waals surface area contributed by atoms with Crippen LogP contribution in [0.15, 0.2) is 47.5 Å². The van der Waals surface area contributed by atoms with Crippen molar-refractivity contribution < 1.29 is 18.3 Å². The van der Waals surface area contributed by atoms with Crippen molar-refractivity contribution in [3.8, 4) is 11.1 Å². The zero-order valence-electron chi connectivity index (χ0n) is 15.9. The van der Waals surface area contributed by atoms with Gasteiger partial charge in [0.05, 0.1) is 29.2 Å². The van der Waals surface area contributed by atoms with Crippen LogP contribution in [0.4, 0.5) is 19.0 Å². The van der Waals surface area contributed by atoms with Crippen LogP contribution in [0.3, 0.4) is 0 Å². The number of hydrogen-bond acceptors (Lipinski definition) is 5. The van der Waals surface area contributed by atoms with Crippen LogP contribution in [0.1, 0.15) is 0 Å². The summed E-state index contributed by atoms with van der Waals surface area (Å²) < 4.78 is 40.4. The van der Waals surface area contributed by atoms with Gasteiger partial charge in [0.15, 0.2) is 0 Å². The van der Waals surface area contributed by atoms with Crippen molar-refractivity contribution >= 4 is 27.6 Å². The van der Waals surface area contributed by atoms with Gasteiger partial charge in [0.1, 0.15) is 12.4 Å². The molecular formula is C20H18F3N5O2. The number of aliphatic hydroxyl groups excluding tert-OH is 1. The van der Waals surface area contributed by atoms with Gasteiger partial charge < -0.3 is 10.0 Å². The molecule has 3 aromatic heterocycles. The van der Waals surface area contributed by atoms with Crippen molar-refractivity contribution in [3.63, 3.8) is 0 Å². The lowest BCUT2D eigenvalue weighted by Gasteiger charge is -2.20. The number of likely N-dealkylation sites (N-methyl/N-ethyl adjacent to an activating group) is 1. The topological polar surface area (TPSA) is 87.0 Å². The van der Waals surface area contributed by atoms with Gasteiger partial charge in [0.25, 0.3) is 5.56 Å². The first kappa shape index (κ1) is 19.9. The maximum absolute atomic E-state index is 13.2. The highest BCUT2D eigenvalue weighted by Crippen LogP contribution is 2.32. The maximum atomic E-state index is 13.2. The Labute approximate surface area is 168 Å². The highest BCUT2D eigenvalue weighted by molar-refractivity contribution is 6.04. The van der Waals surface area contributed by atoms with Gasteiger partial charge in [-0.05, 0) is 23.8 Å². The summed E-state index contributed by atoms with van der Waals surface area (Å²) in [6.45, 7) is -1.14. The standard InChI is InChI=1S/C20H18F3N5O2/c1-27(7-8-29)18-13(3-2-6-24-18)12-4-5-14-16(9-12)28(11-20(21,22)23)19(30)15-10-25-26-17(14)15/h2-6,9-10,29H,7-8,11H2,1H3,(H,25,26). The second-order valence-corrected chi connectivity index (χ2v) is 6.92. The van der Waals surface area contributed by atoms with Crippen LogP contribution in [0.5, 0.6) is 0 Å². The first-order valence-corrected chi connectivity index (χ1v) is 9.14. The van der Waals surface area contributed by atoms with Gasteiger partial charge in [-0.1, -0.05) is 12.1 Å². The van der Waals surface area contributed by atoms with Crippen LogP contribution in [-0.4, -0.2) is 51.2 Å². The largest absolute Gasteiger partial charge is 0.406 e. The van der Waals surface area contributed by atoms with E-state index < -0.39 is 18.3 Å². The van der Waals surface area contributed by atoms with E-state index in [0.717, 1.165) is 4.57 Å². The van der Waals surface area contributed by atoms with E-state index in [0.29, 0.717) is 34.4 Å². The summed E-state index contributed by atoms with van der Waals surface area (Å²) >= 11 is 0. The monoisotopic (exact) mass is 417 g/mol. The number of aromatic amines is 1. The number of alkyl halides is 3. The molecule has 4 aromatic rings. The number of halogens is 3. The molecule has 0 amide bonds. The molecule has 0 radical (unpaired) electrons. The zero-order chi connectivity index (χ0) is 21.5. The Morgan fingerprint density at radius 2 is 2.03 bits per heavy atom. The summed E-state index contributed by atoms with van der Waals surface area (Å²) in [6, 6.07) is 8.49. The highest BCUT2D eigenvalue weighted by Gasteiger charge is 2.30. The fourth-order valence-electron chi connectivity index (χ4n) is 3.56. The van der Waals surface area contributed by atoms with E-state index in [4.69, 9.17) is 0 Å². The average molecular weight is 417 g/mol. The van der Waals surface area contributed by atoms with E-state index in [1.807, 2.05) is 0 Å². The van der Waals surface area contributed by atoms with Gasteiger partial charge in [0.2, 0.25) is 0 Å². The second-order valence-electron chi connectivity index (χ2n) is 6.92. The van der Waals surface area contributed by atoms with E-state index in [2.05, 4.69) is 15.2 Å². The number of H-pyrrole nitrogens is 1. The lowest BCUT2D eigenvalue weighted by Crippen LogP contribution is -2.28. The summed E-state index contributed by atoms with van der Waals surface area (Å²) in [7, 11) is 1.76. The molecule has 0 saturated heterocycles. The predicted molar refractivity (Wildman–Crippen MR) is 108 cm³/mol. The summed E-state index contributed by atoms with van der Waals surface area (Å²) in [5.41, 5.74) is 1.05. The molecule has 0 bridgehead atoms. The number of nitrogens with one attached hydrogen (secondary N) is 1. The molecule has 2 N–H and O–H groups in total. The van der Waals surface area contributed by atoms with E-state index in [-0.39, 0.29) is 17.5 Å². The number of benzene rings is 1. The Morgan fingerprint density at radius 1 is 1.23 bits per heavy atom. The molecule has 1 aromatic carbocycles. The molecule has 10 heteroatoms. The summed E-state index contributed by atoms with van der Waals surface area (Å²) in [5, 5.41) is 16.3. The van der Waals surface area contributed by atoms with E-state index >= 15 is 0 Å². The molecule has 0 fully saturated rings. The first-order valence-electron chi connectivity index (χ1n) is 9.14. The summed E-state index contributed by atoms with van der Waals surface area (Å²) in [6.07, 6.45) is -1.73. The van der Waals surface area contributed by atoms with Crippen LogP contribution in [0, 0.1) is 0 Å². The van der Waals surface area contributed by atoms with Crippen LogP contribution >= 0.6 is 0 Å². The third-order valence-corrected chi connectivity index (χ3v) is 4.90. The van der Waals surface area contributed by atoms with Gasteiger partial charge in [-0.25, -0.2) is 4.98 Å². The Balaban J connectivity index is 1.99. The van der Waals surface area contributed by atoms with Crippen LogP contribution in [0.25, 0.3) is 32.9 Å². The number of fused-ring (bicyclic) bond motifs is 3. The number of aliphatic hydroxyl groups is 1. The van der Waals surface area contributed by atoms with Crippen LogP contribution < -0.4 is 10.5 Å². The summed E-state index contributed by atoms with van der Waals surface area (Å²) in [5.74, 6) is 0.568. The molecule has 156 valence electrons. The highest BCUT2D eigenvalue weighted by atomic mass is 19.4. The molecule has 0 unspecified atom stereocenters. The Hall–Kier alpha value is -3.40. The van der Waals surface area contributed by atoms with Gasteiger partial charge in [0, 0.05) is 30.7 Å². The minimum absolute atomic E-state index is 0.0762. The normalized spacial score (nSPS) is 12.0. The molecule has 30 heavy (non-hydrogen) atoms. The molecule has 7 nitrogen and oxygen atoms in total. The van der Waals surface area contributed by atoms with Crippen molar-refractivity contribution in [2.45, 2.75) is 12.7 Å². The Morgan fingerprint density at radius 3 is 2.77 bits per heavy atom. The average Bonchev–Trinajstić information content (AvgIpc) is 3.20. The minimum atomic E-state index is -4.56. The Bertz CT molecular complexity index is 1280. The number of nitrogens with zero attached hydrogens (tertiary/aromatic N) is 4. The van der Waals surface area contributed by atoms with Gasteiger partial charge >= 0.3 is 6.18 Å².